The number of aromatic hydroxyl groups is 1. The monoisotopic (exact) mass is 284 g/mol. The van der Waals surface area contributed by atoms with E-state index in [-0.39, 0.29) is 16.3 Å². The molecule has 0 amide bonds. The van der Waals surface area contributed by atoms with Crippen LogP contribution < -0.4 is 4.74 Å². The van der Waals surface area contributed by atoms with Crippen LogP contribution in [-0.2, 0) is 14.8 Å². The first-order valence-electron chi connectivity index (χ1n) is 4.23. The number of hydrogen-bond acceptors (Lipinski definition) is 4. The molecule has 1 aromatic rings. The fourth-order valence-corrected chi connectivity index (χ4v) is 2.66. The molecule has 16 heavy (non-hydrogen) atoms. The lowest BCUT2D eigenvalue weighted by Crippen LogP contribution is -1.98. The maximum atomic E-state index is 10.9. The van der Waals surface area contributed by atoms with E-state index >= 15 is 0 Å². The zero-order valence-electron chi connectivity index (χ0n) is 8.62. The maximum Gasteiger partial charge on any atom is 0.236 e. The molecule has 4 nitrogen and oxygen atoms in total. The van der Waals surface area contributed by atoms with Crippen molar-refractivity contribution in [2.75, 3.05) is 7.11 Å². The number of halogens is 2. The third-order valence-electron chi connectivity index (χ3n) is 2.05. The van der Waals surface area contributed by atoms with Gasteiger partial charge in [-0.15, -0.1) is 0 Å². The van der Waals surface area contributed by atoms with Crippen molar-refractivity contribution in [3.8, 4) is 11.5 Å². The lowest BCUT2D eigenvalue weighted by molar-refractivity contribution is 0.402. The molecule has 0 heterocycles. The molecule has 0 aliphatic heterocycles. The Kier molecular flexibility index (Phi) is 3.93. The fourth-order valence-electron chi connectivity index (χ4n) is 1.36. The summed E-state index contributed by atoms with van der Waals surface area (Å²) in [5.41, 5.74) is 0.531. The number of phenols is 1. The Balaban J connectivity index is 3.34. The molecule has 0 saturated carbocycles. The highest BCUT2D eigenvalue weighted by Gasteiger charge is 2.18. The second kappa shape index (κ2) is 4.69. The molecule has 0 aliphatic carbocycles. The molecule has 1 aromatic carbocycles. The van der Waals surface area contributed by atoms with Crippen LogP contribution in [0.5, 0.6) is 11.5 Å². The van der Waals surface area contributed by atoms with Crippen LogP contribution in [0.25, 0.3) is 0 Å². The van der Waals surface area contributed by atoms with Crippen molar-refractivity contribution in [2.24, 2.45) is 0 Å². The van der Waals surface area contributed by atoms with E-state index in [0.29, 0.717) is 11.3 Å². The minimum Gasteiger partial charge on any atom is -0.507 e. The van der Waals surface area contributed by atoms with E-state index in [0.717, 1.165) is 0 Å². The summed E-state index contributed by atoms with van der Waals surface area (Å²) in [5.74, 6) is -0.342. The van der Waals surface area contributed by atoms with Crippen LogP contribution in [0.4, 0.5) is 0 Å². The summed E-state index contributed by atoms with van der Waals surface area (Å²) in [6.07, 6.45) is 0. The Morgan fingerprint density at radius 2 is 2.06 bits per heavy atom. The third-order valence-corrected chi connectivity index (χ3v) is 3.31. The van der Waals surface area contributed by atoms with Crippen molar-refractivity contribution >= 4 is 31.3 Å². The highest BCUT2D eigenvalue weighted by molar-refractivity contribution is 8.13. The fraction of sp³-hybridized carbons (Fsp3) is 0.333. The van der Waals surface area contributed by atoms with Gasteiger partial charge in [0.15, 0.2) is 0 Å². The van der Waals surface area contributed by atoms with Crippen molar-refractivity contribution in [2.45, 2.75) is 12.7 Å². The molecule has 0 radical (unpaired) electrons. The van der Waals surface area contributed by atoms with Crippen LogP contribution in [0.2, 0.25) is 5.02 Å². The van der Waals surface area contributed by atoms with Crippen molar-refractivity contribution in [3.05, 3.63) is 22.2 Å². The highest BCUT2D eigenvalue weighted by Crippen LogP contribution is 2.38. The van der Waals surface area contributed by atoms with Crippen LogP contribution in [-0.4, -0.2) is 20.6 Å². The van der Waals surface area contributed by atoms with E-state index in [1.807, 2.05) is 0 Å². The minimum absolute atomic E-state index is 0.151. The van der Waals surface area contributed by atoms with Crippen LogP contribution >= 0.6 is 22.3 Å². The quantitative estimate of drug-likeness (QED) is 0.866. The zero-order chi connectivity index (χ0) is 12.5. The van der Waals surface area contributed by atoms with Crippen LogP contribution in [0.3, 0.4) is 0 Å². The summed E-state index contributed by atoms with van der Waals surface area (Å²) in [6.45, 7) is 1.57. The molecule has 0 unspecified atom stereocenters. The molecule has 0 aromatic heterocycles. The van der Waals surface area contributed by atoms with Crippen molar-refractivity contribution < 1.29 is 18.3 Å². The average Bonchev–Trinajstić information content (AvgIpc) is 2.12. The lowest BCUT2D eigenvalue weighted by atomic mass is 10.1. The van der Waals surface area contributed by atoms with Gasteiger partial charge in [0, 0.05) is 21.8 Å². The van der Waals surface area contributed by atoms with Crippen molar-refractivity contribution in [1.82, 2.24) is 0 Å². The Morgan fingerprint density at radius 1 is 1.50 bits per heavy atom. The van der Waals surface area contributed by atoms with Gasteiger partial charge in [-0.25, -0.2) is 8.42 Å². The Hall–Kier alpha value is -0.650. The molecule has 90 valence electrons. The summed E-state index contributed by atoms with van der Waals surface area (Å²) >= 11 is 5.86. The van der Waals surface area contributed by atoms with E-state index in [4.69, 9.17) is 27.0 Å². The van der Waals surface area contributed by atoms with Crippen LogP contribution in [0, 0.1) is 6.92 Å². The molecule has 1 rings (SSSR count). The van der Waals surface area contributed by atoms with Crippen molar-refractivity contribution in [1.29, 1.82) is 0 Å². The molecule has 1 N–H and O–H groups in total. The lowest BCUT2D eigenvalue weighted by Gasteiger charge is -2.12. The zero-order valence-corrected chi connectivity index (χ0v) is 10.9. The molecule has 0 saturated heterocycles. The average molecular weight is 285 g/mol. The number of methoxy groups -OCH3 is 1. The van der Waals surface area contributed by atoms with E-state index in [2.05, 4.69) is 0 Å². The molecule has 0 atom stereocenters. The van der Waals surface area contributed by atoms with E-state index < -0.39 is 14.8 Å². The van der Waals surface area contributed by atoms with Gasteiger partial charge in [-0.3, -0.25) is 0 Å². The number of phenolic OH excluding ortho intramolecular Hbond substituents is 1. The summed E-state index contributed by atoms with van der Waals surface area (Å²) in [4.78, 5) is 0. The topological polar surface area (TPSA) is 63.6 Å². The van der Waals surface area contributed by atoms with Crippen LogP contribution in [0.15, 0.2) is 6.07 Å². The first kappa shape index (κ1) is 13.4. The maximum absolute atomic E-state index is 10.9. The number of rotatable bonds is 3. The Morgan fingerprint density at radius 3 is 2.50 bits per heavy atom. The molecule has 0 bridgehead atoms. The molecular weight excluding hydrogens is 275 g/mol. The summed E-state index contributed by atoms with van der Waals surface area (Å²) in [5, 5.41) is 9.97. The van der Waals surface area contributed by atoms with Gasteiger partial charge in [0.25, 0.3) is 0 Å². The number of benzene rings is 1. The van der Waals surface area contributed by atoms with E-state index in [1.165, 1.54) is 13.2 Å². The van der Waals surface area contributed by atoms with Gasteiger partial charge in [0.05, 0.1) is 17.9 Å². The predicted octanol–water partition coefficient (Wildman–Crippen LogP) is 2.43. The Labute approximate surface area is 103 Å². The van der Waals surface area contributed by atoms with Gasteiger partial charge in [-0.05, 0) is 13.0 Å². The first-order valence-corrected chi connectivity index (χ1v) is 7.09. The van der Waals surface area contributed by atoms with Gasteiger partial charge in [0.2, 0.25) is 9.05 Å². The second-order valence-electron chi connectivity index (χ2n) is 3.21. The van der Waals surface area contributed by atoms with Gasteiger partial charge in [-0.1, -0.05) is 11.6 Å². The van der Waals surface area contributed by atoms with Crippen LogP contribution in [0.1, 0.15) is 11.1 Å². The standard InChI is InChI=1S/C9H10Cl2O4S/c1-5-8(12)6(4-16(11,13)14)3-7(10)9(5)15-2/h3,12H,4H2,1-2H3. The summed E-state index contributed by atoms with van der Waals surface area (Å²) < 4.78 is 26.8. The number of hydrogen-bond donors (Lipinski definition) is 1. The minimum atomic E-state index is -3.74. The number of ether oxygens (including phenoxy) is 1. The third kappa shape index (κ3) is 2.93. The second-order valence-corrected chi connectivity index (χ2v) is 6.39. The van der Waals surface area contributed by atoms with Gasteiger partial charge < -0.3 is 9.84 Å². The smallest absolute Gasteiger partial charge is 0.236 e. The molecule has 0 spiro atoms. The normalized spacial score (nSPS) is 11.5. The first-order chi connectivity index (χ1) is 7.26. The molecule has 0 fully saturated rings. The van der Waals surface area contributed by atoms with Gasteiger partial charge in [-0.2, -0.15) is 0 Å². The van der Waals surface area contributed by atoms with Crippen molar-refractivity contribution in [3.63, 3.8) is 0 Å². The largest absolute Gasteiger partial charge is 0.507 e. The highest BCUT2D eigenvalue weighted by atomic mass is 35.7. The van der Waals surface area contributed by atoms with Gasteiger partial charge in [0.1, 0.15) is 11.5 Å². The summed E-state index contributed by atoms with van der Waals surface area (Å²) in [6, 6.07) is 1.32. The predicted molar refractivity (Wildman–Crippen MR) is 62.9 cm³/mol. The molecule has 0 aliphatic rings. The van der Waals surface area contributed by atoms with E-state index in [1.54, 1.807) is 6.92 Å². The molecular formula is C9H10Cl2O4S. The SMILES string of the molecule is COc1c(Cl)cc(CS(=O)(=O)Cl)c(O)c1C. The van der Waals surface area contributed by atoms with E-state index in [9.17, 15) is 13.5 Å². The Bertz CT molecular complexity index is 511. The molecule has 7 heteroatoms. The summed E-state index contributed by atoms with van der Waals surface area (Å²) in [7, 11) is 2.77. The van der Waals surface area contributed by atoms with Gasteiger partial charge >= 0.3 is 0 Å².